The topological polar surface area (TPSA) is 35.5 Å². The average molecular weight is 160 g/mol. The SMILES string of the molecule is CCOC(=O)COC(C)CC. The van der Waals surface area contributed by atoms with Gasteiger partial charge in [-0.15, -0.1) is 0 Å². The lowest BCUT2D eigenvalue weighted by atomic mass is 10.3. The zero-order valence-electron chi connectivity index (χ0n) is 7.42. The van der Waals surface area contributed by atoms with Gasteiger partial charge in [0.1, 0.15) is 6.61 Å². The first kappa shape index (κ1) is 10.4. The summed E-state index contributed by atoms with van der Waals surface area (Å²) in [4.78, 5) is 10.7. The van der Waals surface area contributed by atoms with E-state index in [2.05, 4.69) is 4.74 Å². The van der Waals surface area contributed by atoms with Gasteiger partial charge in [0.15, 0.2) is 0 Å². The number of carbonyl (C=O) groups is 1. The monoisotopic (exact) mass is 160 g/mol. The molecule has 0 fully saturated rings. The Morgan fingerprint density at radius 2 is 2.09 bits per heavy atom. The zero-order valence-corrected chi connectivity index (χ0v) is 7.42. The Hall–Kier alpha value is -0.570. The van der Waals surface area contributed by atoms with Crippen LogP contribution in [0.25, 0.3) is 0 Å². The van der Waals surface area contributed by atoms with Gasteiger partial charge in [-0.25, -0.2) is 4.79 Å². The maximum absolute atomic E-state index is 10.7. The Kier molecular flexibility index (Phi) is 5.84. The predicted molar refractivity (Wildman–Crippen MR) is 42.3 cm³/mol. The molecule has 0 rings (SSSR count). The Balaban J connectivity index is 3.30. The molecule has 0 N–H and O–H groups in total. The van der Waals surface area contributed by atoms with Crippen molar-refractivity contribution in [3.05, 3.63) is 0 Å². The Morgan fingerprint density at radius 1 is 1.45 bits per heavy atom. The highest BCUT2D eigenvalue weighted by atomic mass is 16.6. The molecule has 0 saturated heterocycles. The zero-order chi connectivity index (χ0) is 8.69. The van der Waals surface area contributed by atoms with Gasteiger partial charge >= 0.3 is 5.97 Å². The van der Waals surface area contributed by atoms with Gasteiger partial charge in [-0.1, -0.05) is 6.92 Å². The lowest BCUT2D eigenvalue weighted by Gasteiger charge is -2.08. The maximum atomic E-state index is 10.7. The molecule has 0 aromatic rings. The molecule has 0 heterocycles. The summed E-state index contributed by atoms with van der Waals surface area (Å²) in [6.45, 7) is 6.21. The molecule has 66 valence electrons. The molecule has 0 amide bonds. The molecule has 0 aliphatic heterocycles. The summed E-state index contributed by atoms with van der Waals surface area (Å²) >= 11 is 0. The van der Waals surface area contributed by atoms with Crippen LogP contribution in [-0.4, -0.2) is 25.3 Å². The summed E-state index contributed by atoms with van der Waals surface area (Å²) in [6, 6.07) is 0. The minimum absolute atomic E-state index is 0.0723. The first-order chi connectivity index (χ1) is 5.20. The van der Waals surface area contributed by atoms with Gasteiger partial charge in [0, 0.05) is 0 Å². The van der Waals surface area contributed by atoms with Crippen molar-refractivity contribution in [2.24, 2.45) is 0 Å². The van der Waals surface area contributed by atoms with E-state index in [1.807, 2.05) is 13.8 Å². The highest BCUT2D eigenvalue weighted by Crippen LogP contribution is 1.95. The Labute approximate surface area is 67.7 Å². The number of rotatable bonds is 5. The van der Waals surface area contributed by atoms with Crippen LogP contribution in [0.4, 0.5) is 0 Å². The van der Waals surface area contributed by atoms with Crippen molar-refractivity contribution in [1.82, 2.24) is 0 Å². The second kappa shape index (κ2) is 6.16. The quantitative estimate of drug-likeness (QED) is 0.570. The van der Waals surface area contributed by atoms with Crippen LogP contribution in [0.5, 0.6) is 0 Å². The van der Waals surface area contributed by atoms with Crippen LogP contribution < -0.4 is 0 Å². The van der Waals surface area contributed by atoms with Crippen molar-refractivity contribution in [2.75, 3.05) is 13.2 Å². The fraction of sp³-hybridized carbons (Fsp3) is 0.875. The van der Waals surface area contributed by atoms with Gasteiger partial charge in [-0.2, -0.15) is 0 Å². The van der Waals surface area contributed by atoms with E-state index >= 15 is 0 Å². The fourth-order valence-corrected chi connectivity index (χ4v) is 0.531. The number of esters is 1. The van der Waals surface area contributed by atoms with Crippen LogP contribution in [0.2, 0.25) is 0 Å². The molecule has 0 spiro atoms. The van der Waals surface area contributed by atoms with E-state index in [-0.39, 0.29) is 18.7 Å². The fourth-order valence-electron chi connectivity index (χ4n) is 0.531. The number of hydrogen-bond donors (Lipinski definition) is 0. The van der Waals surface area contributed by atoms with E-state index in [0.29, 0.717) is 6.61 Å². The third-order valence-electron chi connectivity index (χ3n) is 1.37. The number of hydrogen-bond acceptors (Lipinski definition) is 3. The van der Waals surface area contributed by atoms with Gasteiger partial charge < -0.3 is 9.47 Å². The normalized spacial score (nSPS) is 12.6. The standard InChI is InChI=1S/C8H16O3/c1-4-7(3)11-6-8(9)10-5-2/h7H,4-6H2,1-3H3. The molecule has 0 radical (unpaired) electrons. The lowest BCUT2D eigenvalue weighted by molar-refractivity contribution is -0.150. The van der Waals surface area contributed by atoms with Crippen molar-refractivity contribution < 1.29 is 14.3 Å². The van der Waals surface area contributed by atoms with Gasteiger partial charge in [0.25, 0.3) is 0 Å². The molecule has 0 saturated carbocycles. The third-order valence-corrected chi connectivity index (χ3v) is 1.37. The molecule has 0 bridgehead atoms. The first-order valence-corrected chi connectivity index (χ1v) is 3.97. The van der Waals surface area contributed by atoms with Gasteiger partial charge in [-0.05, 0) is 20.3 Å². The summed E-state index contributed by atoms with van der Waals surface area (Å²) < 4.78 is 9.80. The second-order valence-corrected chi connectivity index (χ2v) is 2.33. The van der Waals surface area contributed by atoms with Gasteiger partial charge in [0.05, 0.1) is 12.7 Å². The van der Waals surface area contributed by atoms with Crippen LogP contribution in [0, 0.1) is 0 Å². The van der Waals surface area contributed by atoms with Crippen LogP contribution in [-0.2, 0) is 14.3 Å². The molecule has 0 aromatic heterocycles. The third kappa shape index (κ3) is 5.85. The van der Waals surface area contributed by atoms with Crippen molar-refractivity contribution in [3.63, 3.8) is 0 Å². The Bertz CT molecular complexity index is 112. The van der Waals surface area contributed by atoms with E-state index in [4.69, 9.17) is 4.74 Å². The lowest BCUT2D eigenvalue weighted by Crippen LogP contribution is -2.17. The van der Waals surface area contributed by atoms with Crippen molar-refractivity contribution in [3.8, 4) is 0 Å². The molecule has 11 heavy (non-hydrogen) atoms. The van der Waals surface area contributed by atoms with Crippen molar-refractivity contribution in [1.29, 1.82) is 0 Å². The van der Waals surface area contributed by atoms with Crippen LogP contribution >= 0.6 is 0 Å². The van der Waals surface area contributed by atoms with Gasteiger partial charge in [0.2, 0.25) is 0 Å². The van der Waals surface area contributed by atoms with E-state index in [1.165, 1.54) is 0 Å². The average Bonchev–Trinajstić information content (AvgIpc) is 2.01. The molecule has 3 nitrogen and oxygen atoms in total. The van der Waals surface area contributed by atoms with E-state index in [1.54, 1.807) is 6.92 Å². The maximum Gasteiger partial charge on any atom is 0.332 e. The van der Waals surface area contributed by atoms with Gasteiger partial charge in [-0.3, -0.25) is 0 Å². The minimum Gasteiger partial charge on any atom is -0.464 e. The summed E-state index contributed by atoms with van der Waals surface area (Å²) in [5.74, 6) is -0.284. The van der Waals surface area contributed by atoms with Crippen molar-refractivity contribution >= 4 is 5.97 Å². The molecule has 0 aromatic carbocycles. The molecular formula is C8H16O3. The van der Waals surface area contributed by atoms with E-state index < -0.39 is 0 Å². The molecule has 0 aliphatic carbocycles. The van der Waals surface area contributed by atoms with Crippen molar-refractivity contribution in [2.45, 2.75) is 33.3 Å². The highest BCUT2D eigenvalue weighted by Gasteiger charge is 2.04. The molecule has 1 atom stereocenters. The van der Waals surface area contributed by atoms with Crippen LogP contribution in [0.15, 0.2) is 0 Å². The highest BCUT2D eigenvalue weighted by molar-refractivity contribution is 5.70. The Morgan fingerprint density at radius 3 is 2.55 bits per heavy atom. The molecular weight excluding hydrogens is 144 g/mol. The van der Waals surface area contributed by atoms with Crippen LogP contribution in [0.1, 0.15) is 27.2 Å². The van der Waals surface area contributed by atoms with Crippen LogP contribution in [0.3, 0.4) is 0 Å². The summed E-state index contributed by atoms with van der Waals surface area (Å²) in [6.07, 6.45) is 1.05. The predicted octanol–water partition coefficient (Wildman–Crippen LogP) is 1.36. The summed E-state index contributed by atoms with van der Waals surface area (Å²) in [5, 5.41) is 0. The minimum atomic E-state index is -0.284. The van der Waals surface area contributed by atoms with E-state index in [9.17, 15) is 4.79 Å². The second-order valence-electron chi connectivity index (χ2n) is 2.33. The summed E-state index contributed by atoms with van der Waals surface area (Å²) in [5.41, 5.74) is 0. The smallest absolute Gasteiger partial charge is 0.332 e. The largest absolute Gasteiger partial charge is 0.464 e. The van der Waals surface area contributed by atoms with E-state index in [0.717, 1.165) is 6.42 Å². The molecule has 3 heteroatoms. The number of carbonyl (C=O) groups excluding carboxylic acids is 1. The number of ether oxygens (including phenoxy) is 2. The summed E-state index contributed by atoms with van der Waals surface area (Å²) in [7, 11) is 0. The molecule has 1 unspecified atom stereocenters. The molecule has 0 aliphatic rings. The first-order valence-electron chi connectivity index (χ1n) is 3.97.